The molecule has 2 aliphatic heterocycles. The van der Waals surface area contributed by atoms with E-state index in [1.54, 1.807) is 0 Å². The number of carbonyl (C=O) groups excluding carboxylic acids is 2. The molecule has 2 aliphatic rings. The highest BCUT2D eigenvalue weighted by atomic mass is 35.5. The minimum Gasteiger partial charge on any atom is -0.369 e. The average molecular weight is 333 g/mol. The van der Waals surface area contributed by atoms with Crippen molar-refractivity contribution in [2.75, 3.05) is 39.3 Å². The van der Waals surface area contributed by atoms with Gasteiger partial charge in [-0.15, -0.1) is 12.4 Å². The summed E-state index contributed by atoms with van der Waals surface area (Å²) < 4.78 is 0. The predicted molar refractivity (Wildman–Crippen MR) is 88.6 cm³/mol. The van der Waals surface area contributed by atoms with E-state index < -0.39 is 0 Å². The molecule has 2 rings (SSSR count). The van der Waals surface area contributed by atoms with Gasteiger partial charge in [0.15, 0.2) is 0 Å². The monoisotopic (exact) mass is 332 g/mol. The van der Waals surface area contributed by atoms with Crippen molar-refractivity contribution < 1.29 is 9.59 Å². The topological polar surface area (TPSA) is 92.7 Å². The van der Waals surface area contributed by atoms with Gasteiger partial charge in [0.05, 0.1) is 12.5 Å². The summed E-state index contributed by atoms with van der Waals surface area (Å²) >= 11 is 0. The summed E-state index contributed by atoms with van der Waals surface area (Å²) in [5, 5.41) is 0. The van der Waals surface area contributed by atoms with E-state index in [1.807, 2.05) is 4.90 Å². The molecule has 0 bridgehead atoms. The van der Waals surface area contributed by atoms with Gasteiger partial charge < -0.3 is 16.4 Å². The Bertz CT molecular complexity index is 379. The molecule has 0 spiro atoms. The lowest BCUT2D eigenvalue weighted by molar-refractivity contribution is -0.136. The molecule has 22 heavy (non-hydrogen) atoms. The number of carbonyl (C=O) groups is 2. The molecular formula is C15H29ClN4O2. The zero-order valence-corrected chi connectivity index (χ0v) is 14.0. The van der Waals surface area contributed by atoms with Crippen molar-refractivity contribution in [1.82, 2.24) is 9.80 Å². The van der Waals surface area contributed by atoms with Crippen LogP contribution in [-0.4, -0.2) is 60.9 Å². The number of hydrogen-bond donors (Lipinski definition) is 2. The largest absolute Gasteiger partial charge is 0.369 e. The maximum absolute atomic E-state index is 12.4. The Kier molecular flexibility index (Phi) is 8.14. The van der Waals surface area contributed by atoms with Gasteiger partial charge in [-0.25, -0.2) is 0 Å². The predicted octanol–water partition coefficient (Wildman–Crippen LogP) is 0.193. The molecule has 6 nitrogen and oxygen atoms in total. The molecule has 2 heterocycles. The number of primary amides is 1. The fraction of sp³-hybridized carbons (Fsp3) is 0.867. The maximum atomic E-state index is 12.4. The van der Waals surface area contributed by atoms with Crippen LogP contribution in [0, 0.1) is 11.8 Å². The van der Waals surface area contributed by atoms with Gasteiger partial charge in [-0.05, 0) is 51.1 Å². The number of piperidine rings is 2. The number of hydrogen-bond acceptors (Lipinski definition) is 4. The first kappa shape index (κ1) is 19.2. The number of likely N-dealkylation sites (tertiary alicyclic amines) is 2. The number of nitrogens with zero attached hydrogens (tertiary/aromatic N) is 2. The van der Waals surface area contributed by atoms with Crippen LogP contribution < -0.4 is 11.5 Å². The lowest BCUT2D eigenvalue weighted by Crippen LogP contribution is -2.49. The van der Waals surface area contributed by atoms with E-state index >= 15 is 0 Å². The van der Waals surface area contributed by atoms with Crippen LogP contribution in [0.3, 0.4) is 0 Å². The number of halogens is 1. The summed E-state index contributed by atoms with van der Waals surface area (Å²) in [7, 11) is 0. The summed E-state index contributed by atoms with van der Waals surface area (Å²) in [6.45, 7) is 4.39. The highest BCUT2D eigenvalue weighted by Gasteiger charge is 2.28. The maximum Gasteiger partial charge on any atom is 0.236 e. The van der Waals surface area contributed by atoms with Gasteiger partial charge in [0.1, 0.15) is 0 Å². The lowest BCUT2D eigenvalue weighted by Gasteiger charge is -2.36. The lowest BCUT2D eigenvalue weighted by atomic mass is 9.94. The van der Waals surface area contributed by atoms with Crippen LogP contribution in [0.4, 0.5) is 0 Å². The van der Waals surface area contributed by atoms with E-state index in [0.29, 0.717) is 19.0 Å². The van der Waals surface area contributed by atoms with E-state index in [4.69, 9.17) is 11.5 Å². The molecule has 7 heteroatoms. The molecule has 2 saturated heterocycles. The second-order valence-electron chi connectivity index (χ2n) is 6.40. The van der Waals surface area contributed by atoms with Gasteiger partial charge in [0.25, 0.3) is 0 Å². The Morgan fingerprint density at radius 3 is 2.50 bits per heavy atom. The van der Waals surface area contributed by atoms with Crippen LogP contribution in [0.2, 0.25) is 0 Å². The molecule has 4 N–H and O–H groups in total. The van der Waals surface area contributed by atoms with Crippen LogP contribution in [0.5, 0.6) is 0 Å². The van der Waals surface area contributed by atoms with Crippen LogP contribution >= 0.6 is 12.4 Å². The summed E-state index contributed by atoms with van der Waals surface area (Å²) in [4.78, 5) is 27.7. The molecule has 2 amide bonds. The van der Waals surface area contributed by atoms with Gasteiger partial charge >= 0.3 is 0 Å². The van der Waals surface area contributed by atoms with Crippen molar-refractivity contribution in [2.24, 2.45) is 23.3 Å². The van der Waals surface area contributed by atoms with Gasteiger partial charge in [-0.2, -0.15) is 0 Å². The highest BCUT2D eigenvalue weighted by molar-refractivity contribution is 5.85. The Balaban J connectivity index is 0.00000242. The Morgan fingerprint density at radius 1 is 1.09 bits per heavy atom. The van der Waals surface area contributed by atoms with Crippen molar-refractivity contribution in [3.8, 4) is 0 Å². The molecule has 0 aromatic rings. The SMILES string of the molecule is Cl.NCCC1CCCN(CC(=O)N2CCCC(C(N)=O)C2)C1. The van der Waals surface area contributed by atoms with E-state index in [1.165, 1.54) is 6.42 Å². The second-order valence-corrected chi connectivity index (χ2v) is 6.40. The van der Waals surface area contributed by atoms with E-state index in [9.17, 15) is 9.59 Å². The molecule has 0 aromatic carbocycles. The van der Waals surface area contributed by atoms with Gasteiger partial charge in [0, 0.05) is 19.6 Å². The molecule has 0 aliphatic carbocycles. The van der Waals surface area contributed by atoms with Crippen LogP contribution in [0.25, 0.3) is 0 Å². The van der Waals surface area contributed by atoms with Gasteiger partial charge in [0.2, 0.25) is 11.8 Å². The molecule has 2 atom stereocenters. The van der Waals surface area contributed by atoms with Crippen LogP contribution in [0.15, 0.2) is 0 Å². The molecular weight excluding hydrogens is 304 g/mol. The Morgan fingerprint density at radius 2 is 1.82 bits per heavy atom. The van der Waals surface area contributed by atoms with Gasteiger partial charge in [-0.3, -0.25) is 14.5 Å². The molecule has 0 saturated carbocycles. The first-order valence-electron chi connectivity index (χ1n) is 8.09. The zero-order valence-electron chi connectivity index (χ0n) is 13.2. The van der Waals surface area contributed by atoms with Crippen molar-refractivity contribution in [1.29, 1.82) is 0 Å². The smallest absolute Gasteiger partial charge is 0.236 e. The molecule has 0 aromatic heterocycles. The summed E-state index contributed by atoms with van der Waals surface area (Å²) in [6.07, 6.45) is 5.08. The Labute approximate surface area is 139 Å². The highest BCUT2D eigenvalue weighted by Crippen LogP contribution is 2.20. The molecule has 128 valence electrons. The van der Waals surface area contributed by atoms with Crippen LogP contribution in [-0.2, 0) is 9.59 Å². The first-order valence-corrected chi connectivity index (χ1v) is 8.09. The Hall–Kier alpha value is -0.850. The fourth-order valence-electron chi connectivity index (χ4n) is 3.49. The molecule has 2 fully saturated rings. The number of rotatable bonds is 5. The summed E-state index contributed by atoms with van der Waals surface area (Å²) in [5.41, 5.74) is 11.0. The number of nitrogens with two attached hydrogens (primary N) is 2. The van der Waals surface area contributed by atoms with E-state index in [2.05, 4.69) is 4.90 Å². The third-order valence-corrected chi connectivity index (χ3v) is 4.71. The number of amides is 2. The van der Waals surface area contributed by atoms with Gasteiger partial charge in [-0.1, -0.05) is 0 Å². The minimum absolute atomic E-state index is 0. The fourth-order valence-corrected chi connectivity index (χ4v) is 3.49. The second kappa shape index (κ2) is 9.33. The summed E-state index contributed by atoms with van der Waals surface area (Å²) in [5.74, 6) is 0.299. The average Bonchev–Trinajstić information content (AvgIpc) is 2.48. The molecule has 2 unspecified atom stereocenters. The normalized spacial score (nSPS) is 26.3. The summed E-state index contributed by atoms with van der Waals surface area (Å²) in [6, 6.07) is 0. The minimum atomic E-state index is -0.284. The van der Waals surface area contributed by atoms with E-state index in [-0.39, 0.29) is 30.1 Å². The third kappa shape index (κ3) is 5.41. The molecule has 0 radical (unpaired) electrons. The zero-order chi connectivity index (χ0) is 15.2. The van der Waals surface area contributed by atoms with Crippen molar-refractivity contribution in [3.05, 3.63) is 0 Å². The third-order valence-electron chi connectivity index (χ3n) is 4.71. The van der Waals surface area contributed by atoms with Crippen LogP contribution in [0.1, 0.15) is 32.1 Å². The van der Waals surface area contributed by atoms with Crippen molar-refractivity contribution in [3.63, 3.8) is 0 Å². The quantitative estimate of drug-likeness (QED) is 0.751. The van der Waals surface area contributed by atoms with Crippen molar-refractivity contribution >= 4 is 24.2 Å². The standard InChI is InChI=1S/C15H28N4O2.ClH/c16-6-5-12-3-1-7-18(9-12)11-14(20)19-8-2-4-13(10-19)15(17)21;/h12-13H,1-11,16H2,(H2,17,21);1H. The van der Waals surface area contributed by atoms with E-state index in [0.717, 1.165) is 51.9 Å². The first-order chi connectivity index (χ1) is 10.1. The van der Waals surface area contributed by atoms with Crippen molar-refractivity contribution in [2.45, 2.75) is 32.1 Å².